The van der Waals surface area contributed by atoms with E-state index >= 15 is 0 Å². The summed E-state index contributed by atoms with van der Waals surface area (Å²) in [4.78, 5) is 2.17. The third-order valence-corrected chi connectivity index (χ3v) is 4.17. The summed E-state index contributed by atoms with van der Waals surface area (Å²) in [5, 5.41) is 18.8. The third-order valence-electron chi connectivity index (χ3n) is 4.17. The smallest absolute Gasteiger partial charge is 0.0972 e. The Morgan fingerprint density at radius 1 is 0.950 bits per heavy atom. The predicted molar refractivity (Wildman–Crippen MR) is 81.3 cm³/mol. The first-order chi connectivity index (χ1) is 9.62. The van der Waals surface area contributed by atoms with Crippen molar-refractivity contribution in [3.8, 4) is 12.1 Å². The van der Waals surface area contributed by atoms with Crippen molar-refractivity contribution in [3.63, 3.8) is 0 Å². The molecule has 0 aromatic carbocycles. The Labute approximate surface area is 123 Å². The van der Waals surface area contributed by atoms with Crippen molar-refractivity contribution >= 4 is 0 Å². The number of rotatable bonds is 6. The van der Waals surface area contributed by atoms with Gasteiger partial charge in [0.2, 0.25) is 0 Å². The minimum absolute atomic E-state index is 0.0168. The molecule has 0 saturated heterocycles. The molecule has 3 nitrogen and oxygen atoms in total. The van der Waals surface area contributed by atoms with Gasteiger partial charge in [0.15, 0.2) is 0 Å². The van der Waals surface area contributed by atoms with Gasteiger partial charge in [0.25, 0.3) is 0 Å². The molecule has 0 aliphatic carbocycles. The van der Waals surface area contributed by atoms with Gasteiger partial charge >= 0.3 is 0 Å². The number of nitriles is 2. The van der Waals surface area contributed by atoms with Gasteiger partial charge in [-0.25, -0.2) is 0 Å². The second-order valence-corrected chi connectivity index (χ2v) is 5.39. The lowest BCUT2D eigenvalue weighted by molar-refractivity contribution is 0.381. The minimum Gasteiger partial charge on any atom is -0.347 e. The highest BCUT2D eigenvalue weighted by Crippen LogP contribution is 2.36. The van der Waals surface area contributed by atoms with E-state index in [4.69, 9.17) is 0 Å². The van der Waals surface area contributed by atoms with E-state index in [1.165, 1.54) is 19.3 Å². The van der Waals surface area contributed by atoms with Crippen molar-refractivity contribution < 1.29 is 0 Å². The summed E-state index contributed by atoms with van der Waals surface area (Å²) < 4.78 is 0. The third kappa shape index (κ3) is 3.23. The van der Waals surface area contributed by atoms with Crippen LogP contribution in [0.1, 0.15) is 59.8 Å². The predicted octanol–water partition coefficient (Wildman–Crippen LogP) is 4.50. The summed E-state index contributed by atoms with van der Waals surface area (Å²) in [6, 6.07) is 4.65. The molecule has 1 rings (SSSR count). The first-order valence-electron chi connectivity index (χ1n) is 7.61. The highest BCUT2D eigenvalue weighted by Gasteiger charge is 2.30. The summed E-state index contributed by atoms with van der Waals surface area (Å²) in [5.41, 5.74) is 3.61. The zero-order chi connectivity index (χ0) is 15.1. The molecular weight excluding hydrogens is 246 g/mol. The molecular formula is C17H25N3. The molecule has 0 bridgehead atoms. The Hall–Kier alpha value is -1.74. The zero-order valence-electron chi connectivity index (χ0n) is 13.2. The largest absolute Gasteiger partial charge is 0.347 e. The number of hydrogen-bond donors (Lipinski definition) is 0. The molecule has 0 fully saturated rings. The van der Waals surface area contributed by atoms with Crippen LogP contribution in [0.25, 0.3) is 0 Å². The first-order valence-corrected chi connectivity index (χ1v) is 7.61. The van der Waals surface area contributed by atoms with Crippen molar-refractivity contribution in [3.05, 3.63) is 22.5 Å². The molecule has 20 heavy (non-hydrogen) atoms. The number of hydrogen-bond acceptors (Lipinski definition) is 3. The van der Waals surface area contributed by atoms with Crippen LogP contribution in [0.3, 0.4) is 0 Å². The number of allylic oxidation sites excluding steroid dienone is 4. The van der Waals surface area contributed by atoms with Crippen LogP contribution in [0.15, 0.2) is 22.5 Å². The lowest BCUT2D eigenvalue weighted by Crippen LogP contribution is -2.30. The topological polar surface area (TPSA) is 50.8 Å². The molecule has 3 heteroatoms. The Bertz CT molecular complexity index is 447. The second-order valence-electron chi connectivity index (χ2n) is 5.39. The molecule has 0 saturated carbocycles. The van der Waals surface area contributed by atoms with Crippen LogP contribution in [0.5, 0.6) is 0 Å². The molecule has 108 valence electrons. The first kappa shape index (κ1) is 16.3. The van der Waals surface area contributed by atoms with Crippen LogP contribution in [0.2, 0.25) is 0 Å². The van der Waals surface area contributed by atoms with Gasteiger partial charge in [-0.3, -0.25) is 0 Å². The lowest BCUT2D eigenvalue weighted by Gasteiger charge is -2.35. The van der Waals surface area contributed by atoms with Gasteiger partial charge in [-0.1, -0.05) is 33.1 Å². The monoisotopic (exact) mass is 271 g/mol. The maximum Gasteiger partial charge on any atom is 0.0972 e. The van der Waals surface area contributed by atoms with Crippen LogP contribution in [0, 0.1) is 28.6 Å². The van der Waals surface area contributed by atoms with Gasteiger partial charge in [-0.15, -0.1) is 0 Å². The molecule has 0 spiro atoms. The fourth-order valence-electron chi connectivity index (χ4n) is 2.95. The second kappa shape index (κ2) is 7.75. The molecule has 0 aromatic heterocycles. The summed E-state index contributed by atoms with van der Waals surface area (Å²) >= 11 is 0. The SMILES string of the molecule is CCCCCCN1C(C)=C(C#N)C(CC)C(C#N)=C1C. The summed E-state index contributed by atoms with van der Waals surface area (Å²) in [6.45, 7) is 9.17. The summed E-state index contributed by atoms with van der Waals surface area (Å²) in [5.74, 6) is -0.0168. The highest BCUT2D eigenvalue weighted by atomic mass is 15.1. The van der Waals surface area contributed by atoms with E-state index in [9.17, 15) is 10.5 Å². The summed E-state index contributed by atoms with van der Waals surface area (Å²) in [7, 11) is 0. The summed E-state index contributed by atoms with van der Waals surface area (Å²) in [6.07, 6.45) is 5.58. The number of unbranched alkanes of at least 4 members (excludes halogenated alkanes) is 3. The Kier molecular flexibility index (Phi) is 6.32. The molecule has 0 unspecified atom stereocenters. The fraction of sp³-hybridized carbons (Fsp3) is 0.647. The molecule has 0 N–H and O–H groups in total. The van der Waals surface area contributed by atoms with E-state index < -0.39 is 0 Å². The van der Waals surface area contributed by atoms with Crippen LogP contribution >= 0.6 is 0 Å². The standard InChI is InChI=1S/C17H25N3/c1-5-7-8-9-10-20-13(3)16(11-18)15(6-2)17(12-19)14(20)4/h15H,5-10H2,1-4H3. The van der Waals surface area contributed by atoms with Crippen molar-refractivity contribution in [2.45, 2.75) is 59.8 Å². The van der Waals surface area contributed by atoms with Gasteiger partial charge in [0.1, 0.15) is 0 Å². The maximum absolute atomic E-state index is 9.42. The lowest BCUT2D eigenvalue weighted by atomic mass is 9.84. The van der Waals surface area contributed by atoms with Crippen LogP contribution < -0.4 is 0 Å². The van der Waals surface area contributed by atoms with E-state index in [1.807, 2.05) is 20.8 Å². The van der Waals surface area contributed by atoms with Crippen molar-refractivity contribution in [1.82, 2.24) is 4.90 Å². The Morgan fingerprint density at radius 2 is 1.50 bits per heavy atom. The van der Waals surface area contributed by atoms with Gasteiger partial charge < -0.3 is 4.90 Å². The molecule has 0 aromatic rings. The molecule has 0 atom stereocenters. The minimum atomic E-state index is -0.0168. The Balaban J connectivity index is 3.01. The van der Waals surface area contributed by atoms with E-state index in [0.717, 1.165) is 41.9 Å². The Morgan fingerprint density at radius 3 is 1.90 bits per heavy atom. The van der Waals surface area contributed by atoms with Crippen LogP contribution in [-0.4, -0.2) is 11.4 Å². The van der Waals surface area contributed by atoms with E-state index in [1.54, 1.807) is 0 Å². The molecule has 1 aliphatic rings. The zero-order valence-corrected chi connectivity index (χ0v) is 13.2. The molecule has 0 radical (unpaired) electrons. The van der Waals surface area contributed by atoms with Crippen LogP contribution in [-0.2, 0) is 0 Å². The highest BCUT2D eigenvalue weighted by molar-refractivity contribution is 5.46. The van der Waals surface area contributed by atoms with Gasteiger partial charge in [-0.05, 0) is 26.7 Å². The van der Waals surface area contributed by atoms with Crippen molar-refractivity contribution in [2.75, 3.05) is 6.54 Å². The van der Waals surface area contributed by atoms with E-state index in [-0.39, 0.29) is 5.92 Å². The molecule has 0 amide bonds. The van der Waals surface area contributed by atoms with Crippen molar-refractivity contribution in [2.24, 2.45) is 5.92 Å². The average molecular weight is 271 g/mol. The van der Waals surface area contributed by atoms with Crippen molar-refractivity contribution in [1.29, 1.82) is 10.5 Å². The average Bonchev–Trinajstić information content (AvgIpc) is 2.45. The maximum atomic E-state index is 9.42. The van der Waals surface area contributed by atoms with E-state index in [2.05, 4.69) is 24.0 Å². The van der Waals surface area contributed by atoms with Gasteiger partial charge in [0.05, 0.1) is 23.3 Å². The molecule has 1 aliphatic heterocycles. The quantitative estimate of drug-likeness (QED) is 0.668. The fourth-order valence-corrected chi connectivity index (χ4v) is 2.95. The van der Waals surface area contributed by atoms with Gasteiger partial charge in [0, 0.05) is 23.9 Å². The van der Waals surface area contributed by atoms with Crippen LogP contribution in [0.4, 0.5) is 0 Å². The van der Waals surface area contributed by atoms with E-state index in [0.29, 0.717) is 0 Å². The number of nitrogens with zero attached hydrogens (tertiary/aromatic N) is 3. The molecule has 1 heterocycles. The van der Waals surface area contributed by atoms with Gasteiger partial charge in [-0.2, -0.15) is 10.5 Å². The normalized spacial score (nSPS) is 16.4.